The van der Waals surface area contributed by atoms with Gasteiger partial charge >= 0.3 is 34.4 Å². The Morgan fingerprint density at radius 1 is 1.20 bits per heavy atom. The molecular formula is C3H9AsO. The standard InChI is InChI=1S/C3H9AsO/c1-4(2,3)5/h1-3H3. The van der Waals surface area contributed by atoms with Crippen LogP contribution < -0.4 is 0 Å². The Balaban J connectivity index is 3.47. The number of hydrogen-bond acceptors (Lipinski definition) is 1. The molecule has 0 heterocycles. The summed E-state index contributed by atoms with van der Waals surface area (Å²) in [5, 5.41) is 0. The van der Waals surface area contributed by atoms with Crippen LogP contribution in [-0.4, -0.2) is 13.5 Å². The second-order valence-electron chi connectivity index (χ2n) is 1.89. The molecule has 0 saturated heterocycles. The Labute approximate surface area is 35.1 Å². The van der Waals surface area contributed by atoms with Crippen LogP contribution in [0.5, 0.6) is 0 Å². The van der Waals surface area contributed by atoms with E-state index < -0.39 is 13.5 Å². The molecule has 5 heavy (non-hydrogen) atoms. The van der Waals surface area contributed by atoms with E-state index in [-0.39, 0.29) is 0 Å². The third-order valence-corrected chi connectivity index (χ3v) is 0. The fraction of sp³-hybridized carbons (Fsp3) is 1.00. The van der Waals surface area contributed by atoms with Crippen LogP contribution in [0.1, 0.15) is 0 Å². The van der Waals surface area contributed by atoms with Gasteiger partial charge in [-0.05, 0) is 0 Å². The van der Waals surface area contributed by atoms with Crippen LogP contribution in [0.2, 0.25) is 17.1 Å². The summed E-state index contributed by atoms with van der Waals surface area (Å²) >= 11 is -2.12. The van der Waals surface area contributed by atoms with Gasteiger partial charge in [0.1, 0.15) is 0 Å². The van der Waals surface area contributed by atoms with Gasteiger partial charge in [-0.15, -0.1) is 0 Å². The van der Waals surface area contributed by atoms with E-state index in [2.05, 4.69) is 0 Å². The molecule has 32 valence electrons. The normalized spacial score (nSPS) is 11.8. The second-order valence-corrected chi connectivity index (χ2v) is 9.82. The predicted molar refractivity (Wildman–Crippen MR) is 24.0 cm³/mol. The zero-order valence-electron chi connectivity index (χ0n) is 3.86. The van der Waals surface area contributed by atoms with Crippen molar-refractivity contribution in [1.82, 2.24) is 0 Å². The molecule has 0 unspecified atom stereocenters. The quantitative estimate of drug-likeness (QED) is 0.458. The Morgan fingerprint density at radius 3 is 1.20 bits per heavy atom. The van der Waals surface area contributed by atoms with E-state index >= 15 is 0 Å². The summed E-state index contributed by atoms with van der Waals surface area (Å²) in [4.78, 5) is 0. The summed E-state index contributed by atoms with van der Waals surface area (Å²) in [6.45, 7) is 0. The van der Waals surface area contributed by atoms with Crippen molar-refractivity contribution in [3.8, 4) is 0 Å². The van der Waals surface area contributed by atoms with Gasteiger partial charge in [0, 0.05) is 0 Å². The van der Waals surface area contributed by atoms with Crippen molar-refractivity contribution < 1.29 is 3.74 Å². The Hall–Kier alpha value is 0.358. The van der Waals surface area contributed by atoms with E-state index in [9.17, 15) is 3.74 Å². The van der Waals surface area contributed by atoms with Gasteiger partial charge in [-0.3, -0.25) is 0 Å². The SMILES string of the molecule is C[As](C)(C)=O. The average molecular weight is 136 g/mol. The van der Waals surface area contributed by atoms with Crippen molar-refractivity contribution in [3.05, 3.63) is 0 Å². The van der Waals surface area contributed by atoms with Gasteiger partial charge in [0.25, 0.3) is 0 Å². The monoisotopic (exact) mass is 136 g/mol. The fourth-order valence-corrected chi connectivity index (χ4v) is 0. The molecular weight excluding hydrogens is 127 g/mol. The van der Waals surface area contributed by atoms with E-state index in [4.69, 9.17) is 0 Å². The molecule has 0 spiro atoms. The Morgan fingerprint density at radius 2 is 1.20 bits per heavy atom. The average Bonchev–Trinajstić information content (AvgIpc) is 0.722. The third kappa shape index (κ3) is 189. The molecule has 0 aliphatic heterocycles. The molecule has 1 nitrogen and oxygen atoms in total. The number of rotatable bonds is 0. The molecule has 0 radical (unpaired) electrons. The first kappa shape index (κ1) is 5.36. The number of hydrogen-bond donors (Lipinski definition) is 0. The van der Waals surface area contributed by atoms with Crippen molar-refractivity contribution in [3.63, 3.8) is 0 Å². The van der Waals surface area contributed by atoms with Crippen LogP contribution in [0.15, 0.2) is 0 Å². The summed E-state index contributed by atoms with van der Waals surface area (Å²) in [5.41, 5.74) is 5.41. The Kier molecular flexibility index (Phi) is 1.30. The summed E-state index contributed by atoms with van der Waals surface area (Å²) < 4.78 is 10.3. The van der Waals surface area contributed by atoms with Crippen LogP contribution in [-0.2, 0) is 3.74 Å². The molecule has 0 aliphatic rings. The molecule has 0 bridgehead atoms. The van der Waals surface area contributed by atoms with Gasteiger partial charge in [0.15, 0.2) is 0 Å². The molecule has 0 aromatic rings. The van der Waals surface area contributed by atoms with E-state index in [0.717, 1.165) is 0 Å². The van der Waals surface area contributed by atoms with Crippen molar-refractivity contribution in [2.75, 3.05) is 0 Å². The van der Waals surface area contributed by atoms with E-state index in [1.54, 1.807) is 17.1 Å². The van der Waals surface area contributed by atoms with E-state index in [1.165, 1.54) is 0 Å². The van der Waals surface area contributed by atoms with Gasteiger partial charge in [-0.2, -0.15) is 0 Å². The molecule has 0 aromatic carbocycles. The van der Waals surface area contributed by atoms with Gasteiger partial charge in [-0.1, -0.05) is 0 Å². The first-order valence-electron chi connectivity index (χ1n) is 1.52. The second kappa shape index (κ2) is 1.22. The molecule has 2 heteroatoms. The van der Waals surface area contributed by atoms with Crippen LogP contribution >= 0.6 is 0 Å². The topological polar surface area (TPSA) is 17.1 Å². The van der Waals surface area contributed by atoms with E-state index in [1.807, 2.05) is 0 Å². The molecule has 0 N–H and O–H groups in total. The van der Waals surface area contributed by atoms with Gasteiger partial charge in [0.2, 0.25) is 0 Å². The first-order chi connectivity index (χ1) is 2.00. The minimum atomic E-state index is -2.12. The van der Waals surface area contributed by atoms with Gasteiger partial charge in [0.05, 0.1) is 0 Å². The van der Waals surface area contributed by atoms with Crippen LogP contribution in [0, 0.1) is 0 Å². The Bertz CT molecular complexity index is 53.0. The van der Waals surface area contributed by atoms with Crippen LogP contribution in [0.25, 0.3) is 0 Å². The molecule has 0 fully saturated rings. The van der Waals surface area contributed by atoms with Crippen LogP contribution in [0.3, 0.4) is 0 Å². The molecule has 0 aliphatic carbocycles. The van der Waals surface area contributed by atoms with Gasteiger partial charge in [-0.25, -0.2) is 0 Å². The zero-order valence-corrected chi connectivity index (χ0v) is 5.73. The minimum absolute atomic E-state index is 1.80. The summed E-state index contributed by atoms with van der Waals surface area (Å²) in [6.07, 6.45) is 0. The van der Waals surface area contributed by atoms with E-state index in [0.29, 0.717) is 0 Å². The first-order valence-corrected chi connectivity index (χ1v) is 7.92. The third-order valence-electron chi connectivity index (χ3n) is 0. The predicted octanol–water partition coefficient (Wildman–Crippen LogP) is 1.25. The van der Waals surface area contributed by atoms with Gasteiger partial charge < -0.3 is 0 Å². The summed E-state index contributed by atoms with van der Waals surface area (Å²) in [6, 6.07) is 0. The summed E-state index contributed by atoms with van der Waals surface area (Å²) in [5.74, 6) is 0. The molecule has 0 amide bonds. The molecule has 0 aromatic heterocycles. The summed E-state index contributed by atoms with van der Waals surface area (Å²) in [7, 11) is 0. The molecule has 0 atom stereocenters. The van der Waals surface area contributed by atoms with Crippen molar-refractivity contribution in [2.24, 2.45) is 0 Å². The van der Waals surface area contributed by atoms with Crippen molar-refractivity contribution in [1.29, 1.82) is 0 Å². The zero-order chi connectivity index (χ0) is 4.50. The van der Waals surface area contributed by atoms with Crippen LogP contribution in [0.4, 0.5) is 0 Å². The molecule has 0 rings (SSSR count). The van der Waals surface area contributed by atoms with Crippen molar-refractivity contribution in [2.45, 2.75) is 17.1 Å². The van der Waals surface area contributed by atoms with Crippen molar-refractivity contribution >= 4 is 13.5 Å². The fourth-order valence-electron chi connectivity index (χ4n) is 0. The maximum atomic E-state index is 10.3. The maximum absolute atomic E-state index is 10.3. The molecule has 0 saturated carbocycles.